The molecule has 67 heavy (non-hydrogen) atoms. The molecule has 9 aromatic rings. The second-order valence-corrected chi connectivity index (χ2v) is 23.3. The predicted octanol–water partition coefficient (Wildman–Crippen LogP) is 15.4. The zero-order valence-electron chi connectivity index (χ0n) is 37.5. The van der Waals surface area contributed by atoms with Gasteiger partial charge in [-0.25, -0.2) is 0 Å². The highest BCUT2D eigenvalue weighted by molar-refractivity contribution is 6.26. The van der Waals surface area contributed by atoms with Crippen molar-refractivity contribution >= 4 is 38.1 Å². The summed E-state index contributed by atoms with van der Waals surface area (Å²) < 4.78 is 2.58. The molecule has 3 heteroatoms. The van der Waals surface area contributed by atoms with E-state index in [1.807, 2.05) is 0 Å². The van der Waals surface area contributed by atoms with Crippen LogP contribution in [-0.2, 0) is 5.41 Å². The molecule has 19 rings (SSSR count). The van der Waals surface area contributed by atoms with Gasteiger partial charge < -0.3 is 4.40 Å². The first-order valence-electron chi connectivity index (χ1n) is 25.7. The minimum absolute atomic E-state index is 0.456. The number of aromatic nitrogens is 1. The van der Waals surface area contributed by atoms with Crippen molar-refractivity contribution in [3.63, 3.8) is 0 Å². The summed E-state index contributed by atoms with van der Waals surface area (Å²) in [4.78, 5) is 0. The largest absolute Gasteiger partial charge is 0.308 e. The topological polar surface area (TPSA) is 52.0 Å². The Hall–Kier alpha value is -6.68. The van der Waals surface area contributed by atoms with Crippen molar-refractivity contribution in [3.05, 3.63) is 171 Å². The monoisotopic (exact) mass is 857 g/mol. The molecule has 3 nitrogen and oxygen atoms in total. The van der Waals surface area contributed by atoms with Crippen LogP contribution >= 0.6 is 0 Å². The lowest BCUT2D eigenvalue weighted by Crippen LogP contribution is -2.41. The summed E-state index contributed by atoms with van der Waals surface area (Å²) in [5.41, 5.74) is 24.8. The van der Waals surface area contributed by atoms with Crippen LogP contribution in [0.2, 0.25) is 0 Å². The van der Waals surface area contributed by atoms with E-state index in [9.17, 15) is 10.5 Å². The Morgan fingerprint density at radius 3 is 1.52 bits per heavy atom. The van der Waals surface area contributed by atoms with Crippen molar-refractivity contribution in [1.82, 2.24) is 4.40 Å². The van der Waals surface area contributed by atoms with Crippen molar-refractivity contribution in [3.8, 4) is 45.5 Å². The third-order valence-corrected chi connectivity index (χ3v) is 21.0. The van der Waals surface area contributed by atoms with E-state index in [1.54, 1.807) is 0 Å². The Balaban J connectivity index is 1.02. The van der Waals surface area contributed by atoms with E-state index in [1.165, 1.54) is 180 Å². The van der Waals surface area contributed by atoms with E-state index < -0.39 is 5.41 Å². The van der Waals surface area contributed by atoms with Gasteiger partial charge in [0.2, 0.25) is 0 Å². The van der Waals surface area contributed by atoms with Crippen LogP contribution in [-0.4, -0.2) is 4.40 Å². The van der Waals surface area contributed by atoms with Crippen molar-refractivity contribution in [2.45, 2.75) is 93.3 Å². The predicted molar refractivity (Wildman–Crippen MR) is 266 cm³/mol. The van der Waals surface area contributed by atoms with Gasteiger partial charge in [0.05, 0.1) is 45.2 Å². The standard InChI is InChI=1S/C64H47N3/c65-30-39-25-53-59(57-36-19-32-16-33(20-36)18-35(17-32)55(39)57)48-23-34(24-49-60-54(67(53)62(48)49)26-40(31-66)56-37-21-41-27-42-22-38(58(56)60)29-63(41,42)28-37)43-11-7-12-47-46-10-3-6-15-52(46)64(61(43)47)50-13-4-1-8-44(50)45-9-2-5-14-51(45)64/h1-15,23-26,32-33,35-38,41-42H,16-22,27-29H2. The molecule has 2 heterocycles. The normalized spacial score (nSPS) is 29.6. The van der Waals surface area contributed by atoms with Gasteiger partial charge >= 0.3 is 0 Å². The van der Waals surface area contributed by atoms with Crippen LogP contribution < -0.4 is 0 Å². The Bertz CT molecular complexity index is 3860. The minimum Gasteiger partial charge on any atom is -0.308 e. The van der Waals surface area contributed by atoms with Crippen molar-refractivity contribution < 1.29 is 0 Å². The maximum absolute atomic E-state index is 11.3. The van der Waals surface area contributed by atoms with Gasteiger partial charge in [-0.3, -0.25) is 0 Å². The van der Waals surface area contributed by atoms with E-state index in [4.69, 9.17) is 0 Å². The Morgan fingerprint density at radius 2 is 0.940 bits per heavy atom. The molecule has 5 saturated carbocycles. The fraction of sp³-hybridized carbons (Fsp3) is 0.312. The Morgan fingerprint density at radius 1 is 0.463 bits per heavy atom. The number of benzene rings is 7. The molecular formula is C64H47N3. The third kappa shape index (κ3) is 3.81. The quantitative estimate of drug-likeness (QED) is 0.165. The highest BCUT2D eigenvalue weighted by Gasteiger charge is 2.66. The number of hydrogen-bond acceptors (Lipinski definition) is 2. The lowest BCUT2D eigenvalue weighted by molar-refractivity contribution is 0.00322. The molecule has 10 aliphatic rings. The van der Waals surface area contributed by atoms with E-state index >= 15 is 0 Å². The van der Waals surface area contributed by atoms with Crippen LogP contribution in [0, 0.1) is 51.7 Å². The van der Waals surface area contributed by atoms with Gasteiger partial charge in [-0.1, -0.05) is 91.0 Å². The van der Waals surface area contributed by atoms with Gasteiger partial charge in [0.1, 0.15) is 0 Å². The fourth-order valence-electron chi connectivity index (χ4n) is 19.3. The lowest BCUT2D eigenvalue weighted by atomic mass is 9.56. The molecule has 7 bridgehead atoms. The zero-order chi connectivity index (χ0) is 43.4. The first kappa shape index (κ1) is 35.5. The smallest absolute Gasteiger partial charge is 0.0995 e. The molecule has 7 aromatic carbocycles. The van der Waals surface area contributed by atoms with Crippen LogP contribution in [0.15, 0.2) is 115 Å². The highest BCUT2D eigenvalue weighted by atomic mass is 14.9. The van der Waals surface area contributed by atoms with Crippen LogP contribution in [0.5, 0.6) is 0 Å². The first-order valence-corrected chi connectivity index (χ1v) is 25.7. The average molecular weight is 858 g/mol. The molecule has 7 unspecified atom stereocenters. The van der Waals surface area contributed by atoms with Gasteiger partial charge in [-0.05, 0) is 219 Å². The van der Waals surface area contributed by atoms with E-state index in [0.29, 0.717) is 29.1 Å². The highest BCUT2D eigenvalue weighted by Crippen LogP contribution is 2.77. The molecule has 318 valence electrons. The van der Waals surface area contributed by atoms with E-state index in [2.05, 4.69) is 132 Å². The van der Waals surface area contributed by atoms with Gasteiger partial charge in [-0.2, -0.15) is 10.5 Å². The molecule has 0 radical (unpaired) electrons. The van der Waals surface area contributed by atoms with E-state index in [-0.39, 0.29) is 0 Å². The van der Waals surface area contributed by atoms with Crippen molar-refractivity contribution in [2.75, 3.05) is 0 Å². The van der Waals surface area contributed by atoms with Crippen LogP contribution in [0.25, 0.3) is 71.5 Å². The summed E-state index contributed by atoms with van der Waals surface area (Å²) in [6, 6.07) is 50.4. The fourth-order valence-corrected chi connectivity index (χ4v) is 19.3. The lowest BCUT2D eigenvalue weighted by Gasteiger charge is -2.48. The summed E-state index contributed by atoms with van der Waals surface area (Å²) in [5.74, 6) is 5.03. The minimum atomic E-state index is -0.467. The maximum Gasteiger partial charge on any atom is 0.0995 e. The molecule has 7 atom stereocenters. The van der Waals surface area contributed by atoms with Crippen LogP contribution in [0.1, 0.15) is 144 Å². The molecule has 0 aliphatic heterocycles. The Kier molecular flexibility index (Phi) is 6.11. The van der Waals surface area contributed by atoms with Crippen LogP contribution in [0.3, 0.4) is 0 Å². The van der Waals surface area contributed by atoms with Crippen molar-refractivity contribution in [1.29, 1.82) is 10.5 Å². The molecule has 5 fully saturated rings. The number of rotatable bonds is 1. The second kappa shape index (κ2) is 11.5. The van der Waals surface area contributed by atoms with Crippen molar-refractivity contribution in [2.24, 2.45) is 29.1 Å². The second-order valence-electron chi connectivity index (χ2n) is 23.3. The maximum atomic E-state index is 11.3. The molecule has 2 aromatic heterocycles. The zero-order valence-corrected chi connectivity index (χ0v) is 37.5. The summed E-state index contributed by atoms with van der Waals surface area (Å²) in [6.45, 7) is 0. The molecule has 10 aliphatic carbocycles. The number of nitrogens with zero attached hydrogens (tertiary/aromatic N) is 3. The van der Waals surface area contributed by atoms with Gasteiger partial charge in [0.25, 0.3) is 0 Å². The summed E-state index contributed by atoms with van der Waals surface area (Å²) >= 11 is 0. The third-order valence-electron chi connectivity index (χ3n) is 21.0. The van der Waals surface area contributed by atoms with Gasteiger partial charge in [-0.15, -0.1) is 0 Å². The molecule has 0 saturated heterocycles. The molecule has 0 N–H and O–H groups in total. The molecule has 2 spiro atoms. The van der Waals surface area contributed by atoms with Crippen LogP contribution in [0.4, 0.5) is 0 Å². The SMILES string of the molecule is N#Cc1cc2c(c3c1C1CC4CC(C1)CC3C4)c1cc(-c3cccc4c3C3(c5ccccc5-c5ccccc53)c3ccccc3-4)cc3c4c5c(c(C#N)cc4n2c13)C1CC2CC3CC5CC23C1. The average Bonchev–Trinajstić information content (AvgIpc) is 4.14. The Labute approximate surface area is 390 Å². The summed E-state index contributed by atoms with van der Waals surface area (Å²) in [6.07, 6.45) is 12.7. The number of fused-ring (bicyclic) bond motifs is 22. The first-order chi connectivity index (χ1) is 33.1. The summed E-state index contributed by atoms with van der Waals surface area (Å²) in [7, 11) is 0. The molecule has 0 amide bonds. The van der Waals surface area contributed by atoms with E-state index in [0.717, 1.165) is 34.8 Å². The number of hydrogen-bond donors (Lipinski definition) is 0. The van der Waals surface area contributed by atoms with Gasteiger partial charge in [0.15, 0.2) is 0 Å². The number of nitriles is 2. The van der Waals surface area contributed by atoms with Gasteiger partial charge in [0, 0.05) is 21.5 Å². The summed E-state index contributed by atoms with van der Waals surface area (Å²) in [5, 5.41) is 28.0. The molecular weight excluding hydrogens is 811 g/mol.